The smallest absolute Gasteiger partial charge is 0.496 e. The number of halogens is 1. The van der Waals surface area contributed by atoms with E-state index in [2.05, 4.69) is 75.7 Å². The standard InChI is InChI=1S/C22H24BNO6S.C18H19NO4.C16H18N2.C9H7NO3S.C8H9ClO/c1-13-22(2,3)30-23(29-13)16-10-11-24-18-17(20(25)27-5)21(31-19(16)18)28-12-14-6-8-15(26-4)9-7-14;1-21-14-7-5-12(6-8-14)11-23-15-10-13-4-3-9-19-17(13)16(15)18(20)22-2;1-9-7-17-15-13(11(9)3)5-6-14-12(4)10(2)8-18-16(14)15;1-13-8(11)6-7-5(14-9(6)12)3-2-4-10-7;1-10-8-4-2-7(6-9)3-5-8/h6-11,13H,12H2,1-5H3;3-9,15-16H,10-11H2,1-2H3;5-9,11H,1-4H3;2-4,12H,1H3;2-5H,6H2,1H3. The van der Waals surface area contributed by atoms with E-state index in [1.807, 2.05) is 118 Å². The SMILES string of the molecule is COC(=O)C1c2ncccc2CC1OCc1ccc(OC)cc1.COC(=O)c1c(O)sc2cccnc12.COC(=O)c1c(OCc2ccc(OC)cc2)sc2c(B3OC(C)C(C)(C)O3)ccnc12.COc1ccc(CCl)cc1.Cc1cnc2c3c(ccc2c1C)C(C)C(C)C=N3. The molecule has 5 atom stereocenters. The molecule has 6 aromatic heterocycles. The first-order valence-electron chi connectivity index (χ1n) is 30.9. The molecule has 2 aliphatic heterocycles. The van der Waals surface area contributed by atoms with Gasteiger partial charge >= 0.3 is 25.0 Å². The molecular formula is C73H77BClN5O14S2. The number of ether oxygens (including phenoxy) is 8. The number of aryl methyl sites for hydroxylation is 2. The summed E-state index contributed by atoms with van der Waals surface area (Å²) in [5.74, 6) is 2.19. The number of aliphatic imine (C=N–C) groups is 1. The topological polar surface area (TPSA) is 228 Å². The Bertz CT molecular complexity index is 4340. The predicted octanol–water partition coefficient (Wildman–Crippen LogP) is 14.6. The Balaban J connectivity index is 0.000000148. The van der Waals surface area contributed by atoms with Gasteiger partial charge in [-0.05, 0) is 146 Å². The number of thiophene rings is 2. The molecule has 0 saturated carbocycles. The van der Waals surface area contributed by atoms with Gasteiger partial charge in [0.05, 0.1) is 104 Å². The van der Waals surface area contributed by atoms with Gasteiger partial charge in [-0.25, -0.2) is 9.59 Å². The number of pyridine rings is 4. The molecule has 5 unspecified atom stereocenters. The Kier molecular flexibility index (Phi) is 24.2. The zero-order valence-corrected chi connectivity index (χ0v) is 58.2. The van der Waals surface area contributed by atoms with Gasteiger partial charge in [-0.1, -0.05) is 91.1 Å². The first-order chi connectivity index (χ1) is 46.3. The van der Waals surface area contributed by atoms with Crippen molar-refractivity contribution >= 4 is 108 Å². The molecule has 4 aromatic carbocycles. The van der Waals surface area contributed by atoms with E-state index < -0.39 is 30.6 Å². The molecule has 500 valence electrons. The van der Waals surface area contributed by atoms with Gasteiger partial charge < -0.3 is 52.3 Å². The van der Waals surface area contributed by atoms with Gasteiger partial charge in [-0.3, -0.25) is 29.7 Å². The van der Waals surface area contributed by atoms with E-state index >= 15 is 0 Å². The Hall–Kier alpha value is -9.03. The number of nitrogens with zero attached hydrogens (tertiary/aromatic N) is 5. The third-order valence-corrected chi connectivity index (χ3v) is 19.4. The number of esters is 3. The highest BCUT2D eigenvalue weighted by Crippen LogP contribution is 2.42. The molecule has 0 amide bonds. The summed E-state index contributed by atoms with van der Waals surface area (Å²) < 4.78 is 55.6. The minimum absolute atomic E-state index is 0.0504. The first kappa shape index (κ1) is 71.3. The molecule has 1 saturated heterocycles. The van der Waals surface area contributed by atoms with Gasteiger partial charge in [0.15, 0.2) is 10.1 Å². The molecule has 1 fully saturated rings. The van der Waals surface area contributed by atoms with Crippen LogP contribution in [0.25, 0.3) is 31.3 Å². The number of fused-ring (bicyclic) bond motifs is 6. The monoisotopic (exact) mass is 1360 g/mol. The van der Waals surface area contributed by atoms with Crippen LogP contribution in [0.3, 0.4) is 0 Å². The number of carbonyl (C=O) groups excluding carboxylic acids is 3. The molecule has 96 heavy (non-hydrogen) atoms. The van der Waals surface area contributed by atoms with Crippen molar-refractivity contribution in [3.8, 4) is 27.4 Å². The summed E-state index contributed by atoms with van der Waals surface area (Å²) in [6.07, 6.45) is 9.26. The lowest BCUT2D eigenvalue weighted by molar-refractivity contribution is -0.146. The van der Waals surface area contributed by atoms with Crippen LogP contribution in [-0.4, -0.2) is 117 Å². The van der Waals surface area contributed by atoms with Crippen molar-refractivity contribution in [3.63, 3.8) is 0 Å². The van der Waals surface area contributed by atoms with E-state index in [4.69, 9.17) is 54.1 Å². The summed E-state index contributed by atoms with van der Waals surface area (Å²) in [6, 6.07) is 36.6. The van der Waals surface area contributed by atoms with Crippen LogP contribution >= 0.6 is 34.3 Å². The van der Waals surface area contributed by atoms with Crippen molar-refractivity contribution in [2.45, 2.75) is 104 Å². The van der Waals surface area contributed by atoms with Crippen LogP contribution < -0.4 is 24.4 Å². The minimum atomic E-state index is -0.563. The van der Waals surface area contributed by atoms with E-state index in [1.165, 1.54) is 54.7 Å². The van der Waals surface area contributed by atoms with Crippen molar-refractivity contribution in [1.82, 2.24) is 19.9 Å². The number of rotatable bonds is 14. The number of hydrogen-bond acceptors (Lipinski definition) is 21. The maximum atomic E-state index is 12.6. The van der Waals surface area contributed by atoms with Gasteiger partial charge in [0.25, 0.3) is 0 Å². The van der Waals surface area contributed by atoms with Gasteiger partial charge in [0.2, 0.25) is 0 Å². The summed E-state index contributed by atoms with van der Waals surface area (Å²) in [6.45, 7) is 15.4. The fourth-order valence-electron chi connectivity index (χ4n) is 10.7. The maximum Gasteiger partial charge on any atom is 0.496 e. The molecule has 0 spiro atoms. The van der Waals surface area contributed by atoms with Crippen molar-refractivity contribution in [2.24, 2.45) is 10.9 Å². The summed E-state index contributed by atoms with van der Waals surface area (Å²) in [4.78, 5) is 58.0. The molecule has 3 aliphatic rings. The largest absolute Gasteiger partial charge is 0.499 e. The molecule has 23 heteroatoms. The summed E-state index contributed by atoms with van der Waals surface area (Å²) in [5.41, 5.74) is 12.7. The highest BCUT2D eigenvalue weighted by Gasteiger charge is 2.45. The van der Waals surface area contributed by atoms with E-state index in [0.29, 0.717) is 52.4 Å². The number of alkyl halides is 1. The number of benzene rings is 4. The summed E-state index contributed by atoms with van der Waals surface area (Å²) >= 11 is 8.04. The quantitative estimate of drug-likeness (QED) is 0.0462. The molecule has 19 nitrogen and oxygen atoms in total. The zero-order chi connectivity index (χ0) is 68.8. The Morgan fingerprint density at radius 2 is 1.28 bits per heavy atom. The van der Waals surface area contributed by atoms with Crippen molar-refractivity contribution in [2.75, 3.05) is 42.7 Å². The minimum Gasteiger partial charge on any atom is -0.499 e. The summed E-state index contributed by atoms with van der Waals surface area (Å²) in [5, 5.41) is 11.1. The number of aromatic nitrogens is 4. The first-order valence-corrected chi connectivity index (χ1v) is 33.0. The molecule has 1 N–H and O–H groups in total. The molecule has 8 heterocycles. The third-order valence-electron chi connectivity index (χ3n) is 17.0. The molecule has 13 rings (SSSR count). The molecule has 0 radical (unpaired) electrons. The van der Waals surface area contributed by atoms with E-state index in [9.17, 15) is 19.5 Å². The second-order valence-electron chi connectivity index (χ2n) is 23.2. The summed E-state index contributed by atoms with van der Waals surface area (Å²) in [7, 11) is 8.36. The van der Waals surface area contributed by atoms with Crippen LogP contribution in [0.2, 0.25) is 0 Å². The van der Waals surface area contributed by atoms with Crippen LogP contribution in [0, 0.1) is 19.8 Å². The molecule has 0 bridgehead atoms. The van der Waals surface area contributed by atoms with Crippen LogP contribution in [0.1, 0.15) is 112 Å². The lowest BCUT2D eigenvalue weighted by Gasteiger charge is -2.24. The molecular weight excluding hydrogens is 1280 g/mol. The number of hydrogen-bond donors (Lipinski definition) is 1. The zero-order valence-electron chi connectivity index (χ0n) is 55.8. The number of aromatic hydroxyl groups is 1. The lowest BCUT2D eigenvalue weighted by atomic mass is 9.79. The van der Waals surface area contributed by atoms with Crippen LogP contribution in [0.4, 0.5) is 5.69 Å². The van der Waals surface area contributed by atoms with Crippen LogP contribution in [0.5, 0.6) is 27.4 Å². The van der Waals surface area contributed by atoms with Gasteiger partial charge in [-0.2, -0.15) is 0 Å². The highest BCUT2D eigenvalue weighted by atomic mass is 35.5. The fourth-order valence-corrected chi connectivity index (χ4v) is 12.9. The second-order valence-corrected chi connectivity index (χ2v) is 25.5. The highest BCUT2D eigenvalue weighted by molar-refractivity contribution is 7.22. The average Bonchev–Trinajstić information content (AvgIpc) is 1.24. The number of methoxy groups -OCH3 is 6. The van der Waals surface area contributed by atoms with E-state index in [-0.39, 0.29) is 35.4 Å². The average molecular weight is 1360 g/mol. The third kappa shape index (κ3) is 16.4. The Morgan fingerprint density at radius 1 is 0.677 bits per heavy atom. The van der Waals surface area contributed by atoms with Gasteiger partial charge in [0.1, 0.15) is 40.9 Å². The van der Waals surface area contributed by atoms with Gasteiger partial charge in [-0.15, -0.1) is 11.6 Å². The maximum absolute atomic E-state index is 12.6. The molecule has 1 aliphatic carbocycles. The predicted molar refractivity (Wildman–Crippen MR) is 376 cm³/mol. The van der Waals surface area contributed by atoms with Crippen molar-refractivity contribution in [1.29, 1.82) is 0 Å². The normalized spacial score (nSPS) is 17.0. The van der Waals surface area contributed by atoms with E-state index in [1.54, 1.807) is 52.1 Å². The van der Waals surface area contributed by atoms with Crippen LogP contribution in [0.15, 0.2) is 145 Å². The van der Waals surface area contributed by atoms with Crippen molar-refractivity contribution in [3.05, 3.63) is 196 Å². The van der Waals surface area contributed by atoms with Gasteiger partial charge in [0, 0.05) is 54.2 Å². The van der Waals surface area contributed by atoms with E-state index in [0.717, 1.165) is 82.6 Å². The second kappa shape index (κ2) is 32.6. The Labute approximate surface area is 571 Å². The molecule has 10 aromatic rings. The number of carbonyl (C=O) groups is 3. The fraction of sp³-hybridized carbons (Fsp3) is 0.315. The van der Waals surface area contributed by atoms with Crippen LogP contribution in [-0.2, 0) is 58.6 Å². The lowest BCUT2D eigenvalue weighted by Crippen LogP contribution is -2.35. The Morgan fingerprint density at radius 3 is 1.89 bits per heavy atom. The van der Waals surface area contributed by atoms with Crippen molar-refractivity contribution < 1.29 is 66.7 Å².